The van der Waals surface area contributed by atoms with Gasteiger partial charge in [0.15, 0.2) is 0 Å². The highest BCUT2D eigenvalue weighted by Gasteiger charge is 2.28. The second-order valence-corrected chi connectivity index (χ2v) is 4.49. The topological polar surface area (TPSA) is 29.5 Å². The predicted octanol–water partition coefficient (Wildman–Crippen LogP) is 3.77. The van der Waals surface area contributed by atoms with E-state index in [0.717, 1.165) is 11.1 Å². The summed E-state index contributed by atoms with van der Waals surface area (Å²) >= 11 is 0. The van der Waals surface area contributed by atoms with Crippen LogP contribution < -0.4 is 0 Å². The van der Waals surface area contributed by atoms with E-state index in [1.54, 1.807) is 19.1 Å². The smallest absolute Gasteiger partial charge is 0.129 e. The van der Waals surface area contributed by atoms with E-state index in [1.807, 2.05) is 30.3 Å². The summed E-state index contributed by atoms with van der Waals surface area (Å²) in [6, 6.07) is 15.6. The van der Waals surface area contributed by atoms with Crippen molar-refractivity contribution >= 4 is 0 Å². The molecule has 0 heterocycles. The average molecular weight is 246 g/mol. The van der Waals surface area contributed by atoms with Gasteiger partial charge < -0.3 is 0 Å². The molecular weight excluding hydrogens is 231 g/mol. The van der Waals surface area contributed by atoms with Crippen LogP contribution >= 0.6 is 0 Å². The quantitative estimate of drug-likeness (QED) is 0.657. The van der Waals surface area contributed by atoms with Gasteiger partial charge >= 0.3 is 0 Å². The Morgan fingerprint density at radius 2 is 1.67 bits per heavy atom. The van der Waals surface area contributed by atoms with Crippen molar-refractivity contribution in [3.63, 3.8) is 0 Å². The Labute approximate surface area is 106 Å². The summed E-state index contributed by atoms with van der Waals surface area (Å²) in [7, 11) is 0. The zero-order chi connectivity index (χ0) is 13.0. The highest BCUT2D eigenvalue weighted by Crippen LogP contribution is 2.28. The lowest BCUT2D eigenvalue weighted by Gasteiger charge is -2.26. The molecule has 0 aliphatic carbocycles. The van der Waals surface area contributed by atoms with Gasteiger partial charge in [0.25, 0.3) is 0 Å². The van der Waals surface area contributed by atoms with Crippen molar-refractivity contribution in [2.75, 3.05) is 0 Å². The van der Waals surface area contributed by atoms with Crippen LogP contribution in [0.3, 0.4) is 0 Å². The minimum Gasteiger partial charge on any atom is -0.251 e. The fraction of sp³-hybridized carbons (Fsp3) is 0.200. The van der Waals surface area contributed by atoms with E-state index in [-0.39, 0.29) is 5.82 Å². The first-order valence-corrected chi connectivity index (χ1v) is 5.76. The maximum absolute atomic E-state index is 12.8. The lowest BCUT2D eigenvalue weighted by molar-refractivity contribution is -0.323. The molecule has 0 fully saturated rings. The molecule has 0 saturated carbocycles. The van der Waals surface area contributed by atoms with E-state index in [9.17, 15) is 9.65 Å². The van der Waals surface area contributed by atoms with Crippen LogP contribution in [0.1, 0.15) is 18.1 Å². The summed E-state index contributed by atoms with van der Waals surface area (Å²) in [5.74, 6) is -0.273. The maximum atomic E-state index is 12.8. The van der Waals surface area contributed by atoms with Crippen molar-refractivity contribution < 1.29 is 14.5 Å². The minimum atomic E-state index is -0.834. The number of hydrogen-bond donors (Lipinski definition) is 1. The molecule has 0 spiro atoms. The third kappa shape index (κ3) is 2.75. The van der Waals surface area contributed by atoms with Crippen LogP contribution in [-0.4, -0.2) is 5.26 Å². The molecule has 2 nitrogen and oxygen atoms in total. The second kappa shape index (κ2) is 5.29. The lowest BCUT2D eigenvalue weighted by Crippen LogP contribution is -2.27. The molecule has 0 saturated heterocycles. The van der Waals surface area contributed by atoms with Crippen molar-refractivity contribution in [1.29, 1.82) is 0 Å². The Balaban J connectivity index is 2.26. The summed E-state index contributed by atoms with van der Waals surface area (Å²) in [5, 5.41) is 9.18. The SMILES string of the molecule is CC(Cc1ccc(F)cc1)(OO)c1ccccc1. The molecule has 94 valence electrons. The molecule has 1 N–H and O–H groups in total. The van der Waals surface area contributed by atoms with E-state index in [4.69, 9.17) is 0 Å². The van der Waals surface area contributed by atoms with Gasteiger partial charge in [-0.25, -0.2) is 9.28 Å². The number of hydrogen-bond acceptors (Lipinski definition) is 2. The van der Waals surface area contributed by atoms with Crippen LogP contribution in [0, 0.1) is 5.82 Å². The first-order valence-electron chi connectivity index (χ1n) is 5.76. The summed E-state index contributed by atoms with van der Waals surface area (Å²) < 4.78 is 12.8. The Morgan fingerprint density at radius 1 is 1.06 bits per heavy atom. The van der Waals surface area contributed by atoms with E-state index in [1.165, 1.54) is 12.1 Å². The van der Waals surface area contributed by atoms with Gasteiger partial charge in [0.05, 0.1) is 0 Å². The number of rotatable bonds is 4. The molecule has 0 bridgehead atoms. The third-order valence-electron chi connectivity index (χ3n) is 3.04. The van der Waals surface area contributed by atoms with E-state index < -0.39 is 5.60 Å². The fourth-order valence-corrected chi connectivity index (χ4v) is 1.97. The lowest BCUT2D eigenvalue weighted by atomic mass is 9.89. The molecule has 1 unspecified atom stereocenters. The third-order valence-corrected chi connectivity index (χ3v) is 3.04. The van der Waals surface area contributed by atoms with Crippen LogP contribution in [0.15, 0.2) is 54.6 Å². The highest BCUT2D eigenvalue weighted by atomic mass is 19.1. The molecule has 0 aliphatic rings. The van der Waals surface area contributed by atoms with Gasteiger partial charge in [-0.15, -0.1) is 0 Å². The Hall–Kier alpha value is -1.71. The molecule has 2 aromatic rings. The van der Waals surface area contributed by atoms with Gasteiger partial charge in [-0.3, -0.25) is 5.26 Å². The van der Waals surface area contributed by atoms with E-state index >= 15 is 0 Å². The molecule has 0 amide bonds. The summed E-state index contributed by atoms with van der Waals surface area (Å²) in [6.07, 6.45) is 0.466. The summed E-state index contributed by atoms with van der Waals surface area (Å²) in [6.45, 7) is 1.80. The van der Waals surface area contributed by atoms with Crippen LogP contribution in [0.5, 0.6) is 0 Å². The average Bonchev–Trinajstić information content (AvgIpc) is 2.42. The fourth-order valence-electron chi connectivity index (χ4n) is 1.97. The summed E-state index contributed by atoms with van der Waals surface area (Å²) in [5.41, 5.74) is 0.938. The van der Waals surface area contributed by atoms with Crippen molar-refractivity contribution in [3.8, 4) is 0 Å². The van der Waals surface area contributed by atoms with Crippen molar-refractivity contribution in [3.05, 3.63) is 71.5 Å². The maximum Gasteiger partial charge on any atom is 0.129 e. The molecular formula is C15H15FO2. The molecule has 18 heavy (non-hydrogen) atoms. The van der Waals surface area contributed by atoms with Gasteiger partial charge in [-0.2, -0.15) is 0 Å². The largest absolute Gasteiger partial charge is 0.251 e. The van der Waals surface area contributed by atoms with Crippen LogP contribution in [0.4, 0.5) is 4.39 Å². The Morgan fingerprint density at radius 3 is 2.22 bits per heavy atom. The Kier molecular flexibility index (Phi) is 3.75. The molecule has 3 heteroatoms. The van der Waals surface area contributed by atoms with Crippen LogP contribution in [0.25, 0.3) is 0 Å². The number of benzene rings is 2. The van der Waals surface area contributed by atoms with Crippen molar-refractivity contribution in [2.45, 2.75) is 18.9 Å². The van der Waals surface area contributed by atoms with Crippen LogP contribution in [-0.2, 0) is 16.9 Å². The van der Waals surface area contributed by atoms with Gasteiger partial charge in [0, 0.05) is 6.42 Å². The zero-order valence-corrected chi connectivity index (χ0v) is 10.1. The minimum absolute atomic E-state index is 0.273. The van der Waals surface area contributed by atoms with Crippen molar-refractivity contribution in [1.82, 2.24) is 0 Å². The van der Waals surface area contributed by atoms with Crippen LogP contribution in [0.2, 0.25) is 0 Å². The molecule has 0 radical (unpaired) electrons. The van der Waals surface area contributed by atoms with E-state index in [0.29, 0.717) is 6.42 Å². The molecule has 2 aromatic carbocycles. The predicted molar refractivity (Wildman–Crippen MR) is 67.6 cm³/mol. The zero-order valence-electron chi connectivity index (χ0n) is 10.1. The molecule has 0 aliphatic heterocycles. The molecule has 2 rings (SSSR count). The van der Waals surface area contributed by atoms with Crippen molar-refractivity contribution in [2.24, 2.45) is 0 Å². The Bertz CT molecular complexity index is 496. The first kappa shape index (κ1) is 12.7. The molecule has 0 aromatic heterocycles. The van der Waals surface area contributed by atoms with E-state index in [2.05, 4.69) is 4.89 Å². The second-order valence-electron chi connectivity index (χ2n) is 4.49. The molecule has 1 atom stereocenters. The monoisotopic (exact) mass is 246 g/mol. The highest BCUT2D eigenvalue weighted by molar-refractivity contribution is 5.26. The van der Waals surface area contributed by atoms with Gasteiger partial charge in [0.1, 0.15) is 11.4 Å². The standard InChI is InChI=1S/C15H15FO2/c1-15(18-17,13-5-3-2-4-6-13)11-12-7-9-14(16)10-8-12/h2-10,17H,11H2,1H3. The normalized spacial score (nSPS) is 14.2. The van der Waals surface area contributed by atoms with Gasteiger partial charge in [0.2, 0.25) is 0 Å². The van der Waals surface area contributed by atoms with Gasteiger partial charge in [-0.1, -0.05) is 42.5 Å². The first-order chi connectivity index (χ1) is 8.64. The summed E-state index contributed by atoms with van der Waals surface area (Å²) in [4.78, 5) is 4.66. The van der Waals surface area contributed by atoms with Gasteiger partial charge in [-0.05, 0) is 30.2 Å². The number of halogens is 1.